The Hall–Kier alpha value is -4.27. The molecule has 46 heavy (non-hydrogen) atoms. The molecular formula is C38H43N3O5. The van der Waals surface area contributed by atoms with E-state index in [1.165, 1.54) is 0 Å². The van der Waals surface area contributed by atoms with Gasteiger partial charge in [-0.2, -0.15) is 0 Å². The molecule has 240 valence electrons. The Morgan fingerprint density at radius 2 is 1.70 bits per heavy atom. The number of benzene rings is 3. The summed E-state index contributed by atoms with van der Waals surface area (Å²) in [6, 6.07) is 21.9. The molecule has 3 fully saturated rings. The Morgan fingerprint density at radius 1 is 1.00 bits per heavy atom. The van der Waals surface area contributed by atoms with Crippen LogP contribution in [0.4, 0.5) is 5.69 Å². The molecule has 2 unspecified atom stereocenters. The van der Waals surface area contributed by atoms with Crippen molar-refractivity contribution in [2.24, 2.45) is 17.8 Å². The van der Waals surface area contributed by atoms with Crippen LogP contribution in [0.3, 0.4) is 0 Å². The van der Waals surface area contributed by atoms with E-state index >= 15 is 0 Å². The third kappa shape index (κ3) is 5.23. The highest BCUT2D eigenvalue weighted by molar-refractivity contribution is 6.06. The van der Waals surface area contributed by atoms with Gasteiger partial charge in [0.05, 0.1) is 30.6 Å². The van der Waals surface area contributed by atoms with E-state index in [1.54, 1.807) is 26.9 Å². The molecule has 0 saturated carbocycles. The maximum Gasteiger partial charge on any atom is 0.253 e. The predicted octanol–water partition coefficient (Wildman–Crippen LogP) is 4.97. The zero-order valence-electron chi connectivity index (χ0n) is 26.6. The molecule has 2 bridgehead atoms. The lowest BCUT2D eigenvalue weighted by Crippen LogP contribution is -2.59. The predicted molar refractivity (Wildman–Crippen MR) is 179 cm³/mol. The van der Waals surface area contributed by atoms with Crippen molar-refractivity contribution in [1.29, 1.82) is 0 Å². The van der Waals surface area contributed by atoms with Gasteiger partial charge in [0.1, 0.15) is 11.6 Å². The Balaban J connectivity index is 1.42. The number of nitrogens with zero attached hydrogens (tertiary/aromatic N) is 3. The maximum atomic E-state index is 15.0. The number of aliphatic hydroxyl groups excluding tert-OH is 1. The summed E-state index contributed by atoms with van der Waals surface area (Å²) in [7, 11) is 0. The molecule has 1 spiro atoms. The summed E-state index contributed by atoms with van der Waals surface area (Å²) in [6.45, 7) is 12.3. The number of likely N-dealkylation sites (tertiary alicyclic amines) is 1. The quantitative estimate of drug-likeness (QED) is 0.289. The Labute approximate surface area is 270 Å². The lowest BCUT2D eigenvalue weighted by atomic mass is 9.70. The molecule has 0 aromatic heterocycles. The molecule has 6 atom stereocenters. The third-order valence-electron chi connectivity index (χ3n) is 10.1. The molecule has 3 saturated heterocycles. The molecule has 6 rings (SSSR count). The van der Waals surface area contributed by atoms with E-state index in [-0.39, 0.29) is 36.8 Å². The Kier molecular flexibility index (Phi) is 8.86. The van der Waals surface area contributed by atoms with Crippen LogP contribution in [-0.2, 0) is 25.7 Å². The van der Waals surface area contributed by atoms with Gasteiger partial charge in [-0.1, -0.05) is 86.7 Å². The van der Waals surface area contributed by atoms with E-state index in [1.807, 2.05) is 86.6 Å². The van der Waals surface area contributed by atoms with Crippen molar-refractivity contribution >= 4 is 34.2 Å². The van der Waals surface area contributed by atoms with Crippen LogP contribution in [0.2, 0.25) is 0 Å². The van der Waals surface area contributed by atoms with Crippen molar-refractivity contribution in [2.75, 3.05) is 24.6 Å². The highest BCUT2D eigenvalue weighted by atomic mass is 16.5. The highest BCUT2D eigenvalue weighted by Crippen LogP contribution is 2.59. The van der Waals surface area contributed by atoms with Crippen molar-refractivity contribution in [2.45, 2.75) is 57.0 Å². The smallest absolute Gasteiger partial charge is 0.253 e. The minimum absolute atomic E-state index is 0.144. The molecule has 3 aromatic rings. The van der Waals surface area contributed by atoms with Gasteiger partial charge in [0, 0.05) is 25.3 Å². The van der Waals surface area contributed by atoms with Crippen LogP contribution in [0.15, 0.2) is 98.1 Å². The number of hydrogen-bond donors (Lipinski definition) is 1. The van der Waals surface area contributed by atoms with Crippen LogP contribution in [-0.4, -0.2) is 76.1 Å². The molecule has 1 N–H and O–H groups in total. The lowest BCUT2D eigenvalue weighted by Gasteiger charge is -2.40. The topological polar surface area (TPSA) is 90.4 Å². The number of ether oxygens (including phenoxy) is 1. The average Bonchev–Trinajstić information content (AvgIpc) is 3.71. The second kappa shape index (κ2) is 12.9. The standard InChI is InChI=1S/C38H43N3O5/c1-5-20-39(23-26-12-8-7-9-13-26)35(43)32-31-18-19-38(46-31)33(32)36(44)41(30(24-42)25(3)4)34(38)37(45)40(21-6-2)29-17-16-27-14-10-11-15-28(27)22-29/h5-17,22,25,30-34,42H,1-2,18-21,23-24H2,3-4H3/t30-,31+,32-,33-,34?,38?/m0/s1. The van der Waals surface area contributed by atoms with E-state index in [0.29, 0.717) is 31.6 Å². The van der Waals surface area contributed by atoms with Gasteiger partial charge in [-0.25, -0.2) is 0 Å². The maximum absolute atomic E-state index is 15.0. The number of rotatable bonds is 12. The molecule has 8 nitrogen and oxygen atoms in total. The minimum atomic E-state index is -1.19. The summed E-state index contributed by atoms with van der Waals surface area (Å²) in [5, 5.41) is 12.6. The van der Waals surface area contributed by atoms with Crippen LogP contribution in [0.1, 0.15) is 32.3 Å². The number of aliphatic hydroxyl groups is 1. The second-order valence-corrected chi connectivity index (χ2v) is 13.1. The molecule has 3 amide bonds. The fourth-order valence-corrected chi connectivity index (χ4v) is 7.98. The summed E-state index contributed by atoms with van der Waals surface area (Å²) in [5.41, 5.74) is 0.463. The van der Waals surface area contributed by atoms with Gasteiger partial charge < -0.3 is 24.5 Å². The van der Waals surface area contributed by atoms with E-state index in [4.69, 9.17) is 4.74 Å². The zero-order valence-corrected chi connectivity index (χ0v) is 26.6. The zero-order chi connectivity index (χ0) is 32.6. The van der Waals surface area contributed by atoms with Crippen LogP contribution in [0.5, 0.6) is 0 Å². The van der Waals surface area contributed by atoms with Crippen LogP contribution in [0.25, 0.3) is 10.8 Å². The first-order valence-electron chi connectivity index (χ1n) is 16.2. The summed E-state index contributed by atoms with van der Waals surface area (Å²) >= 11 is 0. The van der Waals surface area contributed by atoms with Crippen LogP contribution >= 0.6 is 0 Å². The molecule has 0 radical (unpaired) electrons. The number of carbonyl (C=O) groups excluding carboxylic acids is 3. The van der Waals surface area contributed by atoms with E-state index < -0.39 is 35.6 Å². The van der Waals surface area contributed by atoms with Crippen LogP contribution in [0, 0.1) is 17.8 Å². The summed E-state index contributed by atoms with van der Waals surface area (Å²) < 4.78 is 6.75. The average molecular weight is 622 g/mol. The van der Waals surface area contributed by atoms with Gasteiger partial charge in [-0.05, 0) is 47.2 Å². The monoisotopic (exact) mass is 621 g/mol. The first-order chi connectivity index (χ1) is 22.2. The molecule has 3 aliphatic heterocycles. The van der Waals surface area contributed by atoms with Crippen molar-refractivity contribution in [1.82, 2.24) is 9.80 Å². The largest absolute Gasteiger partial charge is 0.394 e. The van der Waals surface area contributed by atoms with E-state index in [9.17, 15) is 19.5 Å². The fourth-order valence-electron chi connectivity index (χ4n) is 7.98. The molecule has 3 aromatic carbocycles. The van der Waals surface area contributed by atoms with E-state index in [0.717, 1.165) is 16.3 Å². The summed E-state index contributed by atoms with van der Waals surface area (Å²) in [6.07, 6.45) is 3.92. The van der Waals surface area contributed by atoms with Gasteiger partial charge in [0.2, 0.25) is 11.8 Å². The van der Waals surface area contributed by atoms with E-state index in [2.05, 4.69) is 13.2 Å². The van der Waals surface area contributed by atoms with Crippen LogP contribution < -0.4 is 4.90 Å². The van der Waals surface area contributed by atoms with Gasteiger partial charge in [-0.15, -0.1) is 13.2 Å². The summed E-state index contributed by atoms with van der Waals surface area (Å²) in [4.78, 5) is 49.0. The molecule has 8 heteroatoms. The Morgan fingerprint density at radius 3 is 2.37 bits per heavy atom. The third-order valence-corrected chi connectivity index (χ3v) is 10.1. The highest BCUT2D eigenvalue weighted by Gasteiger charge is 2.75. The Bertz CT molecular complexity index is 1640. The number of hydrogen-bond acceptors (Lipinski definition) is 5. The molecule has 0 aliphatic carbocycles. The van der Waals surface area contributed by atoms with Crippen molar-refractivity contribution in [3.05, 3.63) is 104 Å². The number of fused-ring (bicyclic) bond motifs is 2. The number of anilines is 1. The van der Waals surface area contributed by atoms with Gasteiger partial charge in [0.15, 0.2) is 0 Å². The number of carbonyl (C=O) groups is 3. The molecule has 3 aliphatic rings. The van der Waals surface area contributed by atoms with Gasteiger partial charge in [-0.3, -0.25) is 14.4 Å². The molecular weight excluding hydrogens is 578 g/mol. The van der Waals surface area contributed by atoms with Crippen molar-refractivity contribution < 1.29 is 24.2 Å². The normalized spacial score (nSPS) is 25.5. The van der Waals surface area contributed by atoms with Gasteiger partial charge >= 0.3 is 0 Å². The lowest BCUT2D eigenvalue weighted by molar-refractivity contribution is -0.148. The summed E-state index contributed by atoms with van der Waals surface area (Å²) in [5.74, 6) is -2.51. The minimum Gasteiger partial charge on any atom is -0.394 e. The number of amides is 3. The first kappa shape index (κ1) is 31.7. The molecule has 3 heterocycles. The second-order valence-electron chi connectivity index (χ2n) is 13.1. The fraction of sp³-hybridized carbons (Fsp3) is 0.395. The SMILES string of the molecule is C=CCN(Cc1ccccc1)C(=O)[C@@H]1[C@H]2C(=O)N([C@@H](CO)C(C)C)C(C(=O)N(CC=C)c3ccc4ccccc4c3)C23CC[C@H]1O3. The van der Waals surface area contributed by atoms with Crippen molar-refractivity contribution in [3.8, 4) is 0 Å². The van der Waals surface area contributed by atoms with Crippen molar-refractivity contribution in [3.63, 3.8) is 0 Å². The first-order valence-corrected chi connectivity index (χ1v) is 16.2. The van der Waals surface area contributed by atoms with Gasteiger partial charge in [0.25, 0.3) is 5.91 Å².